The van der Waals surface area contributed by atoms with Crippen molar-refractivity contribution in [2.45, 2.75) is 26.5 Å². The van der Waals surface area contributed by atoms with Crippen molar-refractivity contribution < 1.29 is 14.6 Å². The maximum absolute atomic E-state index is 10.6. The van der Waals surface area contributed by atoms with E-state index in [1.54, 1.807) is 10.8 Å². The molecule has 6 nitrogen and oxygen atoms in total. The summed E-state index contributed by atoms with van der Waals surface area (Å²) >= 11 is 0. The number of ether oxygens (including phenoxy) is 2. The van der Waals surface area contributed by atoms with Gasteiger partial charge < -0.3 is 14.6 Å². The summed E-state index contributed by atoms with van der Waals surface area (Å²) in [6, 6.07) is 19.9. The predicted molar refractivity (Wildman–Crippen MR) is 132 cm³/mol. The van der Waals surface area contributed by atoms with E-state index in [1.807, 2.05) is 55.6 Å². The monoisotopic (exact) mass is 449 g/mol. The smallest absolute Gasteiger partial charge is 0.222 e. The first-order chi connectivity index (χ1) is 16.0. The molecule has 2 aromatic carbocycles. The van der Waals surface area contributed by atoms with E-state index in [9.17, 15) is 5.11 Å². The van der Waals surface area contributed by atoms with Gasteiger partial charge in [0.2, 0.25) is 5.88 Å². The van der Waals surface area contributed by atoms with Crippen LogP contribution in [0.25, 0.3) is 11.3 Å². The lowest BCUT2D eigenvalue weighted by Crippen LogP contribution is -2.37. The molecule has 0 bridgehead atoms. The summed E-state index contributed by atoms with van der Waals surface area (Å²) in [4.78, 5) is 2.24. The number of nitrogens with zero attached hydrogens (tertiary/aromatic N) is 3. The van der Waals surface area contributed by atoms with Crippen LogP contribution in [0.2, 0.25) is 0 Å². The van der Waals surface area contributed by atoms with Gasteiger partial charge in [-0.2, -0.15) is 5.10 Å². The molecule has 0 aliphatic heterocycles. The topological polar surface area (TPSA) is 59.8 Å². The Labute approximate surface area is 197 Å². The van der Waals surface area contributed by atoms with Crippen LogP contribution in [0.1, 0.15) is 19.4 Å². The largest absolute Gasteiger partial charge is 0.439 e. The van der Waals surface area contributed by atoms with Crippen LogP contribution < -0.4 is 4.74 Å². The van der Waals surface area contributed by atoms with E-state index in [0.29, 0.717) is 31.5 Å². The fourth-order valence-corrected chi connectivity index (χ4v) is 3.83. The van der Waals surface area contributed by atoms with E-state index in [0.717, 1.165) is 29.1 Å². The number of aryl methyl sites for hydroxylation is 1. The standard InChI is InChI=1S/C27H35N3O3/c1-5-16-32-20-23(31)18-30(17-21(2)3)19-25-26(22-12-8-6-9-13-22)28-29(4)27(25)33-24-14-10-7-11-15-24/h5-15,21,23,31H,1,16-20H2,2-4H3/t23-/m1/s1. The van der Waals surface area contributed by atoms with Gasteiger partial charge in [-0.25, -0.2) is 4.68 Å². The highest BCUT2D eigenvalue weighted by molar-refractivity contribution is 5.65. The van der Waals surface area contributed by atoms with E-state index in [-0.39, 0.29) is 6.61 Å². The van der Waals surface area contributed by atoms with Crippen molar-refractivity contribution in [2.75, 3.05) is 26.3 Å². The molecule has 0 aliphatic carbocycles. The molecular formula is C27H35N3O3. The van der Waals surface area contributed by atoms with Crippen molar-refractivity contribution in [1.82, 2.24) is 14.7 Å². The van der Waals surface area contributed by atoms with Gasteiger partial charge in [0.25, 0.3) is 0 Å². The van der Waals surface area contributed by atoms with E-state index in [4.69, 9.17) is 14.6 Å². The highest BCUT2D eigenvalue weighted by atomic mass is 16.5. The molecule has 176 valence electrons. The Balaban J connectivity index is 1.93. The van der Waals surface area contributed by atoms with Crippen molar-refractivity contribution in [1.29, 1.82) is 0 Å². The van der Waals surface area contributed by atoms with Crippen LogP contribution in [0.4, 0.5) is 0 Å². The van der Waals surface area contributed by atoms with Crippen LogP contribution in [0.15, 0.2) is 73.3 Å². The Kier molecular flexibility index (Phi) is 9.24. The van der Waals surface area contributed by atoms with Crippen molar-refractivity contribution in [2.24, 2.45) is 13.0 Å². The van der Waals surface area contributed by atoms with Crippen molar-refractivity contribution in [3.05, 3.63) is 78.9 Å². The number of aliphatic hydroxyl groups is 1. The average molecular weight is 450 g/mol. The average Bonchev–Trinajstić information content (AvgIpc) is 3.10. The Morgan fingerprint density at radius 1 is 1.06 bits per heavy atom. The van der Waals surface area contributed by atoms with Gasteiger partial charge in [0, 0.05) is 32.2 Å². The molecule has 0 saturated heterocycles. The number of hydrogen-bond donors (Lipinski definition) is 1. The summed E-state index contributed by atoms with van der Waals surface area (Å²) in [5.74, 6) is 1.89. The highest BCUT2D eigenvalue weighted by Crippen LogP contribution is 2.34. The van der Waals surface area contributed by atoms with Gasteiger partial charge >= 0.3 is 0 Å². The van der Waals surface area contributed by atoms with Crippen LogP contribution in [0.3, 0.4) is 0 Å². The Hall–Kier alpha value is -2.93. The number of aromatic nitrogens is 2. The summed E-state index contributed by atoms with van der Waals surface area (Å²) in [5.41, 5.74) is 2.91. The van der Waals surface area contributed by atoms with Crippen molar-refractivity contribution >= 4 is 0 Å². The summed E-state index contributed by atoms with van der Waals surface area (Å²) < 4.78 is 13.6. The molecular weight excluding hydrogens is 414 g/mol. The molecule has 0 saturated carbocycles. The second kappa shape index (κ2) is 12.3. The van der Waals surface area contributed by atoms with Gasteiger partial charge in [-0.1, -0.05) is 68.5 Å². The zero-order valence-corrected chi connectivity index (χ0v) is 19.9. The van der Waals surface area contributed by atoms with Gasteiger partial charge in [0.05, 0.1) is 24.9 Å². The number of para-hydroxylation sites is 1. The summed E-state index contributed by atoms with van der Waals surface area (Å²) in [6.07, 6.45) is 1.09. The number of aliphatic hydroxyl groups excluding tert-OH is 1. The fourth-order valence-electron chi connectivity index (χ4n) is 3.83. The first kappa shape index (κ1) is 24.7. The summed E-state index contributed by atoms with van der Waals surface area (Å²) in [6.45, 7) is 10.6. The molecule has 6 heteroatoms. The van der Waals surface area contributed by atoms with Gasteiger partial charge in [0.15, 0.2) is 0 Å². The summed E-state index contributed by atoms with van der Waals surface area (Å²) in [7, 11) is 1.90. The molecule has 1 heterocycles. The minimum Gasteiger partial charge on any atom is -0.439 e. The normalized spacial score (nSPS) is 12.3. The molecule has 0 spiro atoms. The third-order valence-electron chi connectivity index (χ3n) is 5.11. The van der Waals surface area contributed by atoms with Gasteiger partial charge in [-0.15, -0.1) is 6.58 Å². The SMILES string of the molecule is C=CCOC[C@H](O)CN(Cc1c(-c2ccccc2)nn(C)c1Oc1ccccc1)CC(C)C. The van der Waals surface area contributed by atoms with E-state index < -0.39 is 6.10 Å². The molecule has 1 atom stereocenters. The van der Waals surface area contributed by atoms with Crippen LogP contribution in [0.5, 0.6) is 11.6 Å². The minimum absolute atomic E-state index is 0.270. The molecule has 3 aromatic rings. The lowest BCUT2D eigenvalue weighted by molar-refractivity contribution is 0.0222. The van der Waals surface area contributed by atoms with E-state index in [2.05, 4.69) is 37.5 Å². The number of rotatable bonds is 13. The maximum atomic E-state index is 10.6. The molecule has 33 heavy (non-hydrogen) atoms. The van der Waals surface area contributed by atoms with Crippen molar-refractivity contribution in [3.63, 3.8) is 0 Å². The fraction of sp³-hybridized carbons (Fsp3) is 0.370. The quantitative estimate of drug-likeness (QED) is 0.297. The van der Waals surface area contributed by atoms with Gasteiger partial charge in [0.1, 0.15) is 11.4 Å². The maximum Gasteiger partial charge on any atom is 0.222 e. The molecule has 0 aliphatic rings. The Morgan fingerprint density at radius 2 is 1.73 bits per heavy atom. The Morgan fingerprint density at radius 3 is 2.36 bits per heavy atom. The highest BCUT2D eigenvalue weighted by Gasteiger charge is 2.23. The number of hydrogen-bond acceptors (Lipinski definition) is 5. The molecule has 3 rings (SSSR count). The molecule has 1 aromatic heterocycles. The van der Waals surface area contributed by atoms with Crippen LogP contribution in [-0.2, 0) is 18.3 Å². The second-order valence-electron chi connectivity index (χ2n) is 8.60. The Bertz CT molecular complexity index is 987. The van der Waals surface area contributed by atoms with Gasteiger partial charge in [-0.3, -0.25) is 4.90 Å². The zero-order valence-electron chi connectivity index (χ0n) is 19.9. The lowest BCUT2D eigenvalue weighted by atomic mass is 10.1. The van der Waals surface area contributed by atoms with E-state index >= 15 is 0 Å². The predicted octanol–water partition coefficient (Wildman–Crippen LogP) is 4.90. The van der Waals surface area contributed by atoms with Crippen molar-refractivity contribution in [3.8, 4) is 22.9 Å². The van der Waals surface area contributed by atoms with E-state index in [1.165, 1.54) is 0 Å². The number of benzene rings is 2. The summed E-state index contributed by atoms with van der Waals surface area (Å²) in [5, 5.41) is 15.4. The third-order valence-corrected chi connectivity index (χ3v) is 5.11. The molecule has 0 radical (unpaired) electrons. The molecule has 0 amide bonds. The van der Waals surface area contributed by atoms with Crippen LogP contribution >= 0.6 is 0 Å². The van der Waals surface area contributed by atoms with Gasteiger partial charge in [-0.05, 0) is 18.1 Å². The van der Waals surface area contributed by atoms with Crippen LogP contribution in [-0.4, -0.2) is 52.2 Å². The molecule has 1 N–H and O–H groups in total. The lowest BCUT2D eigenvalue weighted by Gasteiger charge is -2.27. The first-order valence-electron chi connectivity index (χ1n) is 11.4. The first-order valence-corrected chi connectivity index (χ1v) is 11.4. The molecule has 0 fully saturated rings. The van der Waals surface area contributed by atoms with Crippen LogP contribution in [0, 0.1) is 5.92 Å². The zero-order chi connectivity index (χ0) is 23.6. The minimum atomic E-state index is -0.598. The molecule has 0 unspecified atom stereocenters. The third kappa shape index (κ3) is 7.29. The second-order valence-corrected chi connectivity index (χ2v) is 8.60.